The second-order valence-corrected chi connectivity index (χ2v) is 7.32. The number of nitrogens with zero attached hydrogens (tertiary/aromatic N) is 4. The van der Waals surface area contributed by atoms with Crippen LogP contribution in [0.3, 0.4) is 0 Å². The molecule has 0 atom stereocenters. The van der Waals surface area contributed by atoms with Crippen LogP contribution in [-0.2, 0) is 16.1 Å². The highest BCUT2D eigenvalue weighted by atomic mass is 16.5. The molecular weight excluding hydrogens is 380 g/mol. The number of benzene rings is 1. The lowest BCUT2D eigenvalue weighted by atomic mass is 10.0. The van der Waals surface area contributed by atoms with Crippen molar-refractivity contribution in [2.75, 3.05) is 7.11 Å². The van der Waals surface area contributed by atoms with Crippen molar-refractivity contribution in [1.29, 1.82) is 0 Å². The summed E-state index contributed by atoms with van der Waals surface area (Å²) < 4.78 is 6.47. The van der Waals surface area contributed by atoms with Crippen molar-refractivity contribution in [1.82, 2.24) is 19.7 Å². The summed E-state index contributed by atoms with van der Waals surface area (Å²) in [6, 6.07) is 5.64. The predicted octanol–water partition coefficient (Wildman–Crippen LogP) is 4.66. The summed E-state index contributed by atoms with van der Waals surface area (Å²) >= 11 is 0. The molecule has 0 fully saturated rings. The van der Waals surface area contributed by atoms with Crippen LogP contribution in [0.5, 0.6) is 0 Å². The number of ether oxygens (including phenoxy) is 1. The van der Waals surface area contributed by atoms with Crippen molar-refractivity contribution < 1.29 is 14.3 Å². The zero-order valence-corrected chi connectivity index (χ0v) is 19.2. The van der Waals surface area contributed by atoms with E-state index >= 15 is 0 Å². The second-order valence-electron chi connectivity index (χ2n) is 7.32. The first-order valence-corrected chi connectivity index (χ1v) is 9.95. The Morgan fingerprint density at radius 3 is 2.17 bits per heavy atom. The zero-order valence-electron chi connectivity index (χ0n) is 19.2. The number of Topliss-reactive ketones (excluding diaryl/α,β-unsaturated/α-hetero) is 1. The molecule has 0 amide bonds. The molecule has 0 spiro atoms. The van der Waals surface area contributed by atoms with E-state index in [0.717, 1.165) is 28.3 Å². The van der Waals surface area contributed by atoms with Gasteiger partial charge in [-0.05, 0) is 45.4 Å². The van der Waals surface area contributed by atoms with Gasteiger partial charge in [-0.25, -0.2) is 9.97 Å². The molecule has 162 valence electrons. The number of aldehydes is 1. The number of hydrogen-bond donors (Lipinski definition) is 0. The van der Waals surface area contributed by atoms with E-state index in [0.29, 0.717) is 11.5 Å². The van der Waals surface area contributed by atoms with E-state index in [1.165, 1.54) is 11.6 Å². The van der Waals surface area contributed by atoms with Gasteiger partial charge in [0.1, 0.15) is 17.8 Å². The van der Waals surface area contributed by atoms with Crippen LogP contribution in [0, 0.1) is 6.92 Å². The van der Waals surface area contributed by atoms with E-state index in [-0.39, 0.29) is 17.9 Å². The summed E-state index contributed by atoms with van der Waals surface area (Å²) in [5.41, 5.74) is 2.94. The minimum absolute atomic E-state index is 0.0417. The Morgan fingerprint density at radius 2 is 1.70 bits per heavy atom. The minimum Gasteiger partial charge on any atom is -0.379 e. The van der Waals surface area contributed by atoms with Crippen LogP contribution in [0.25, 0.3) is 22.0 Å². The molecule has 0 saturated carbocycles. The van der Waals surface area contributed by atoms with E-state index in [1.54, 1.807) is 19.5 Å². The number of carbonyl (C=O) groups is 2. The molecule has 2 heterocycles. The van der Waals surface area contributed by atoms with Crippen molar-refractivity contribution >= 4 is 23.0 Å². The van der Waals surface area contributed by atoms with Gasteiger partial charge in [-0.1, -0.05) is 19.9 Å². The van der Waals surface area contributed by atoms with Crippen molar-refractivity contribution in [3.05, 3.63) is 42.1 Å². The van der Waals surface area contributed by atoms with Gasteiger partial charge in [0.15, 0.2) is 5.78 Å². The molecule has 30 heavy (non-hydrogen) atoms. The lowest BCUT2D eigenvalue weighted by Gasteiger charge is -2.14. The van der Waals surface area contributed by atoms with Crippen LogP contribution in [0.2, 0.25) is 0 Å². The third-order valence-corrected chi connectivity index (χ3v) is 4.06. The smallest absolute Gasteiger partial charge is 0.180 e. The van der Waals surface area contributed by atoms with Crippen LogP contribution >= 0.6 is 0 Å². The quantitative estimate of drug-likeness (QED) is 0.457. The fraction of sp³-hybridized carbons (Fsp3) is 0.435. The predicted molar refractivity (Wildman–Crippen MR) is 120 cm³/mol. The second kappa shape index (κ2) is 11.3. The molecule has 0 aliphatic heterocycles. The summed E-state index contributed by atoms with van der Waals surface area (Å²) in [6.45, 7) is 13.5. The molecule has 0 radical (unpaired) electrons. The van der Waals surface area contributed by atoms with Gasteiger partial charge in [0.2, 0.25) is 0 Å². The topological polar surface area (TPSA) is 87.0 Å². The maximum atomic E-state index is 11.8. The standard InChI is InChI=1S/C16H14N4O2.C5H12O.C2H6/c1-10(22)16-14-7-12(13-8-17-11(2)18-9-13)3-4-15(14)20(19-16)5-6-21;1-5(2,3)6-4;1-2/h3-4,6-9H,5H2,1-2H3;1-4H3;1-2H3. The Kier molecular flexibility index (Phi) is 9.46. The number of fused-ring (bicyclic) bond motifs is 1. The Morgan fingerprint density at radius 1 is 1.13 bits per heavy atom. The van der Waals surface area contributed by atoms with Crippen LogP contribution in [-0.4, -0.2) is 44.5 Å². The van der Waals surface area contributed by atoms with Crippen molar-refractivity contribution in [3.8, 4) is 11.1 Å². The average Bonchev–Trinajstić information content (AvgIpc) is 3.08. The minimum atomic E-state index is -0.132. The van der Waals surface area contributed by atoms with Gasteiger partial charge in [0.25, 0.3) is 0 Å². The highest BCUT2D eigenvalue weighted by molar-refractivity contribution is 6.05. The van der Waals surface area contributed by atoms with Crippen molar-refractivity contribution in [2.45, 2.75) is 60.6 Å². The zero-order chi connectivity index (χ0) is 22.9. The first kappa shape index (κ1) is 25.1. The molecule has 2 aromatic heterocycles. The number of hydrogen-bond acceptors (Lipinski definition) is 6. The largest absolute Gasteiger partial charge is 0.379 e. The van der Waals surface area contributed by atoms with E-state index in [4.69, 9.17) is 4.74 Å². The Hall–Kier alpha value is -2.93. The molecule has 0 unspecified atom stereocenters. The average molecular weight is 413 g/mol. The maximum Gasteiger partial charge on any atom is 0.180 e. The number of aromatic nitrogens is 4. The van der Waals surface area contributed by atoms with E-state index in [2.05, 4.69) is 15.1 Å². The number of carbonyl (C=O) groups excluding carboxylic acids is 2. The number of aryl methyl sites for hydroxylation is 1. The molecule has 3 aromatic rings. The third-order valence-electron chi connectivity index (χ3n) is 4.06. The van der Waals surface area contributed by atoms with Crippen molar-refractivity contribution in [2.24, 2.45) is 0 Å². The van der Waals surface area contributed by atoms with Gasteiger partial charge < -0.3 is 9.53 Å². The molecule has 3 rings (SSSR count). The lowest BCUT2D eigenvalue weighted by molar-refractivity contribution is -0.108. The summed E-state index contributed by atoms with van der Waals surface area (Å²) in [7, 11) is 1.71. The molecule has 0 N–H and O–H groups in total. The third kappa shape index (κ3) is 6.84. The molecule has 7 heteroatoms. The van der Waals surface area contributed by atoms with Crippen LogP contribution in [0.1, 0.15) is 57.9 Å². The normalized spacial score (nSPS) is 10.5. The van der Waals surface area contributed by atoms with E-state index in [1.807, 2.05) is 59.7 Å². The van der Waals surface area contributed by atoms with Gasteiger partial charge in [-0.2, -0.15) is 5.10 Å². The molecule has 1 aromatic carbocycles. The highest BCUT2D eigenvalue weighted by Gasteiger charge is 2.15. The van der Waals surface area contributed by atoms with Gasteiger partial charge in [-0.15, -0.1) is 0 Å². The summed E-state index contributed by atoms with van der Waals surface area (Å²) in [5, 5.41) is 4.96. The van der Waals surface area contributed by atoms with Gasteiger partial charge in [0, 0.05) is 37.4 Å². The van der Waals surface area contributed by atoms with Crippen LogP contribution in [0.4, 0.5) is 0 Å². The van der Waals surface area contributed by atoms with Crippen molar-refractivity contribution in [3.63, 3.8) is 0 Å². The van der Waals surface area contributed by atoms with Crippen LogP contribution in [0.15, 0.2) is 30.6 Å². The Labute approximate surface area is 178 Å². The molecule has 7 nitrogen and oxygen atoms in total. The van der Waals surface area contributed by atoms with E-state index in [9.17, 15) is 9.59 Å². The number of methoxy groups -OCH3 is 1. The van der Waals surface area contributed by atoms with Gasteiger partial charge in [-0.3, -0.25) is 9.48 Å². The molecule has 0 saturated heterocycles. The maximum absolute atomic E-state index is 11.8. The fourth-order valence-corrected chi connectivity index (χ4v) is 2.37. The Bertz CT molecular complexity index is 971. The number of ketones is 1. The Balaban J connectivity index is 0.000000487. The van der Waals surface area contributed by atoms with Gasteiger partial charge >= 0.3 is 0 Å². The molecule has 0 aliphatic rings. The summed E-state index contributed by atoms with van der Waals surface area (Å²) in [4.78, 5) is 30.9. The fourth-order valence-electron chi connectivity index (χ4n) is 2.37. The van der Waals surface area contributed by atoms with E-state index < -0.39 is 0 Å². The summed E-state index contributed by atoms with van der Waals surface area (Å²) in [5.74, 6) is 0.569. The molecule has 0 bridgehead atoms. The summed E-state index contributed by atoms with van der Waals surface area (Å²) in [6.07, 6.45) is 4.25. The van der Waals surface area contributed by atoms with Gasteiger partial charge in [0.05, 0.1) is 17.7 Å². The SMILES string of the molecule is CC.CC(=O)c1nn(CC=O)c2ccc(-c3cnc(C)nc3)cc12.COC(C)(C)C. The lowest BCUT2D eigenvalue weighted by Crippen LogP contribution is -2.15. The monoisotopic (exact) mass is 412 g/mol. The van der Waals surface area contributed by atoms with Crippen LogP contribution < -0.4 is 0 Å². The molecular formula is C23H32N4O3. The highest BCUT2D eigenvalue weighted by Crippen LogP contribution is 2.26. The molecule has 0 aliphatic carbocycles. The number of rotatable bonds is 4. The first-order valence-electron chi connectivity index (χ1n) is 9.95. The first-order chi connectivity index (χ1) is 14.2.